The third-order valence-electron chi connectivity index (χ3n) is 5.12. The largest absolute Gasteiger partial charge is 0.472 e. The van der Waals surface area contributed by atoms with E-state index in [9.17, 15) is 0 Å². The van der Waals surface area contributed by atoms with Crippen LogP contribution in [-0.4, -0.2) is 56.2 Å². The number of hydrogen-bond acceptors (Lipinski definition) is 9. The fraction of sp³-hybridized carbons (Fsp3) is 0.333. The number of nitrogens with zero attached hydrogens (tertiary/aromatic N) is 6. The minimum absolute atomic E-state index is 0.308. The van der Waals surface area contributed by atoms with Crippen LogP contribution in [0.1, 0.15) is 20.8 Å². The average molecular weight is 461 g/mol. The number of nitrogens with one attached hydrogen (secondary N) is 2. The zero-order valence-corrected chi connectivity index (χ0v) is 19.5. The lowest BCUT2D eigenvalue weighted by atomic mass is 10.2. The highest BCUT2D eigenvalue weighted by atomic mass is 16.5. The first-order chi connectivity index (χ1) is 16.4. The molecule has 0 unspecified atom stereocenters. The molecule has 2 N–H and O–H groups in total. The van der Waals surface area contributed by atoms with Gasteiger partial charge in [0.25, 0.3) is 0 Å². The highest BCUT2D eigenvalue weighted by Crippen LogP contribution is 2.25. The standard InChI is InChI=1S/C24H28N8O2/c1-24(2,3)34-22-5-4-18(16-26-22)28-23-29-19(15-21(30-23)32-10-12-33-13-11-32)27-17-6-8-31-9-7-25-20(31)14-17/h4-9,14-16H,10-13H2,1-3H3,(H2,27,28,29,30). The van der Waals surface area contributed by atoms with E-state index in [1.165, 1.54) is 0 Å². The third kappa shape index (κ3) is 5.34. The number of morpholine rings is 1. The molecule has 34 heavy (non-hydrogen) atoms. The third-order valence-corrected chi connectivity index (χ3v) is 5.12. The van der Waals surface area contributed by atoms with Gasteiger partial charge in [0.2, 0.25) is 11.8 Å². The smallest absolute Gasteiger partial charge is 0.231 e. The normalized spacial score (nSPS) is 14.3. The molecule has 1 aliphatic heterocycles. The van der Waals surface area contributed by atoms with Crippen LogP contribution in [0.3, 0.4) is 0 Å². The Balaban J connectivity index is 1.41. The summed E-state index contributed by atoms with van der Waals surface area (Å²) in [5, 5.41) is 6.66. The first-order valence-electron chi connectivity index (χ1n) is 11.2. The zero-order valence-electron chi connectivity index (χ0n) is 19.5. The monoisotopic (exact) mass is 460 g/mol. The maximum Gasteiger partial charge on any atom is 0.231 e. The molecule has 0 saturated carbocycles. The molecule has 10 heteroatoms. The van der Waals surface area contributed by atoms with Gasteiger partial charge in [-0.3, -0.25) is 0 Å². The van der Waals surface area contributed by atoms with Crippen molar-refractivity contribution < 1.29 is 9.47 Å². The summed E-state index contributed by atoms with van der Waals surface area (Å²) in [7, 11) is 0. The van der Waals surface area contributed by atoms with Gasteiger partial charge < -0.3 is 29.4 Å². The molecule has 0 aromatic carbocycles. The zero-order chi connectivity index (χ0) is 23.5. The SMILES string of the molecule is CC(C)(C)Oc1ccc(Nc2nc(Nc3ccn4ccnc4c3)cc(N3CCOCC3)n2)cn1. The maximum absolute atomic E-state index is 5.81. The summed E-state index contributed by atoms with van der Waals surface area (Å²) in [6.07, 6.45) is 7.36. The number of fused-ring (bicyclic) bond motifs is 1. The lowest BCUT2D eigenvalue weighted by molar-refractivity contribution is 0.122. The molecule has 0 aliphatic carbocycles. The van der Waals surface area contributed by atoms with Crippen LogP contribution in [0.25, 0.3) is 5.65 Å². The Bertz CT molecular complexity index is 1260. The summed E-state index contributed by atoms with van der Waals surface area (Å²) < 4.78 is 13.3. The number of aromatic nitrogens is 5. The lowest BCUT2D eigenvalue weighted by Crippen LogP contribution is -2.36. The number of hydrogen-bond donors (Lipinski definition) is 2. The minimum Gasteiger partial charge on any atom is -0.472 e. The van der Waals surface area contributed by atoms with Crippen molar-refractivity contribution in [2.24, 2.45) is 0 Å². The molecule has 1 aliphatic rings. The van der Waals surface area contributed by atoms with E-state index in [2.05, 4.69) is 25.5 Å². The van der Waals surface area contributed by atoms with Crippen LogP contribution in [-0.2, 0) is 4.74 Å². The molecule has 1 saturated heterocycles. The Kier molecular flexibility index (Phi) is 5.89. The van der Waals surface area contributed by atoms with Crippen LogP contribution in [0.2, 0.25) is 0 Å². The molecule has 5 heterocycles. The topological polar surface area (TPSA) is 102 Å². The van der Waals surface area contributed by atoms with E-state index in [0.717, 1.165) is 35.9 Å². The van der Waals surface area contributed by atoms with E-state index in [4.69, 9.17) is 19.4 Å². The second kappa shape index (κ2) is 9.14. The van der Waals surface area contributed by atoms with Crippen molar-refractivity contribution in [3.63, 3.8) is 0 Å². The van der Waals surface area contributed by atoms with Gasteiger partial charge in [0.15, 0.2) is 0 Å². The van der Waals surface area contributed by atoms with Crippen LogP contribution in [0, 0.1) is 0 Å². The van der Waals surface area contributed by atoms with Crippen molar-refractivity contribution in [2.75, 3.05) is 41.8 Å². The van der Waals surface area contributed by atoms with E-state index in [1.54, 1.807) is 12.4 Å². The molecule has 0 bridgehead atoms. The molecular weight excluding hydrogens is 432 g/mol. The van der Waals surface area contributed by atoms with Gasteiger partial charge in [-0.05, 0) is 32.9 Å². The minimum atomic E-state index is -0.308. The van der Waals surface area contributed by atoms with Gasteiger partial charge >= 0.3 is 0 Å². The molecule has 0 radical (unpaired) electrons. The molecule has 0 atom stereocenters. The maximum atomic E-state index is 5.81. The quantitative estimate of drug-likeness (QED) is 0.442. The van der Waals surface area contributed by atoms with Crippen LogP contribution in [0.5, 0.6) is 5.88 Å². The molecule has 0 spiro atoms. The fourth-order valence-electron chi connectivity index (χ4n) is 3.60. The summed E-state index contributed by atoms with van der Waals surface area (Å²) in [5.41, 5.74) is 2.21. The fourth-order valence-corrected chi connectivity index (χ4v) is 3.60. The highest BCUT2D eigenvalue weighted by molar-refractivity contribution is 5.66. The first-order valence-corrected chi connectivity index (χ1v) is 11.2. The van der Waals surface area contributed by atoms with Gasteiger partial charge in [-0.15, -0.1) is 0 Å². The van der Waals surface area contributed by atoms with Gasteiger partial charge in [-0.25, -0.2) is 9.97 Å². The van der Waals surface area contributed by atoms with Crippen molar-refractivity contribution in [3.8, 4) is 5.88 Å². The first kappa shape index (κ1) is 21.9. The van der Waals surface area contributed by atoms with Gasteiger partial charge in [0, 0.05) is 55.6 Å². The molecular formula is C24H28N8O2. The Morgan fingerprint density at radius 3 is 2.56 bits per heavy atom. The van der Waals surface area contributed by atoms with Gasteiger partial charge in [-0.1, -0.05) is 0 Å². The molecule has 176 valence electrons. The Hall–Kier alpha value is -3.92. The van der Waals surface area contributed by atoms with Crippen molar-refractivity contribution >= 4 is 34.6 Å². The van der Waals surface area contributed by atoms with Crippen molar-refractivity contribution in [1.29, 1.82) is 0 Å². The average Bonchev–Trinajstić information content (AvgIpc) is 3.28. The van der Waals surface area contributed by atoms with Crippen LogP contribution in [0.15, 0.2) is 55.1 Å². The summed E-state index contributed by atoms with van der Waals surface area (Å²) in [4.78, 5) is 20.4. The second-order valence-electron chi connectivity index (χ2n) is 8.99. The molecule has 0 amide bonds. The van der Waals surface area contributed by atoms with E-state index in [0.29, 0.717) is 30.9 Å². The molecule has 10 nitrogen and oxygen atoms in total. The molecule has 4 aromatic heterocycles. The molecule has 4 aromatic rings. The molecule has 1 fully saturated rings. The van der Waals surface area contributed by atoms with Crippen LogP contribution in [0.4, 0.5) is 29.0 Å². The van der Waals surface area contributed by atoms with E-state index < -0.39 is 0 Å². The Labute approximate surface area is 198 Å². The van der Waals surface area contributed by atoms with Crippen molar-refractivity contribution in [1.82, 2.24) is 24.3 Å². The lowest BCUT2D eigenvalue weighted by Gasteiger charge is -2.28. The predicted octanol–water partition coefficient (Wildman–Crippen LogP) is 4.02. The predicted molar refractivity (Wildman–Crippen MR) is 131 cm³/mol. The van der Waals surface area contributed by atoms with E-state index in [-0.39, 0.29) is 5.60 Å². The van der Waals surface area contributed by atoms with Gasteiger partial charge in [-0.2, -0.15) is 9.97 Å². The van der Waals surface area contributed by atoms with Gasteiger partial charge in [0.05, 0.1) is 25.1 Å². The van der Waals surface area contributed by atoms with E-state index >= 15 is 0 Å². The second-order valence-corrected chi connectivity index (χ2v) is 8.99. The van der Waals surface area contributed by atoms with Crippen molar-refractivity contribution in [3.05, 3.63) is 55.1 Å². The highest BCUT2D eigenvalue weighted by Gasteiger charge is 2.16. The summed E-state index contributed by atoms with van der Waals surface area (Å²) >= 11 is 0. The number of anilines is 5. The number of rotatable bonds is 6. The summed E-state index contributed by atoms with van der Waals surface area (Å²) in [5.74, 6) is 2.54. The van der Waals surface area contributed by atoms with Crippen LogP contribution < -0.4 is 20.3 Å². The van der Waals surface area contributed by atoms with E-state index in [1.807, 2.05) is 67.9 Å². The molecule has 5 rings (SSSR count). The number of imidazole rings is 1. The van der Waals surface area contributed by atoms with Crippen molar-refractivity contribution in [2.45, 2.75) is 26.4 Å². The van der Waals surface area contributed by atoms with Crippen LogP contribution >= 0.6 is 0 Å². The number of pyridine rings is 2. The van der Waals surface area contributed by atoms with Gasteiger partial charge in [0.1, 0.15) is 22.9 Å². The Morgan fingerprint density at radius 1 is 0.941 bits per heavy atom. The summed E-state index contributed by atoms with van der Waals surface area (Å²) in [6.45, 7) is 8.86. The Morgan fingerprint density at radius 2 is 1.79 bits per heavy atom. The summed E-state index contributed by atoms with van der Waals surface area (Å²) in [6, 6.07) is 9.64. The number of ether oxygens (including phenoxy) is 2.